The normalized spacial score (nSPS) is 19.5. The Hall–Kier alpha value is -0.140. The van der Waals surface area contributed by atoms with Crippen LogP contribution in [0.2, 0.25) is 0 Å². The SMILES string of the molecule is Cc1cccc(S(=O)(=O)N(C)C2CCNC2)c1Br.Cl. The summed E-state index contributed by atoms with van der Waals surface area (Å²) in [6, 6.07) is 5.35. The van der Waals surface area contributed by atoms with E-state index in [2.05, 4.69) is 21.2 Å². The number of aryl methyl sites for hydroxylation is 1. The minimum Gasteiger partial charge on any atom is -0.315 e. The Labute approximate surface area is 129 Å². The van der Waals surface area contributed by atoms with E-state index in [9.17, 15) is 8.42 Å². The Morgan fingerprint density at radius 3 is 2.68 bits per heavy atom. The first-order valence-electron chi connectivity index (χ1n) is 5.88. The second-order valence-electron chi connectivity index (χ2n) is 4.55. The predicted molar refractivity (Wildman–Crippen MR) is 82.4 cm³/mol. The van der Waals surface area contributed by atoms with Crippen LogP contribution < -0.4 is 5.32 Å². The van der Waals surface area contributed by atoms with E-state index in [0.29, 0.717) is 9.37 Å². The highest BCUT2D eigenvalue weighted by Crippen LogP contribution is 2.28. The van der Waals surface area contributed by atoms with Crippen LogP contribution in [-0.2, 0) is 10.0 Å². The van der Waals surface area contributed by atoms with Crippen LogP contribution in [-0.4, -0.2) is 38.9 Å². The van der Waals surface area contributed by atoms with Crippen LogP contribution in [0.4, 0.5) is 0 Å². The molecule has 0 aromatic heterocycles. The van der Waals surface area contributed by atoms with Crippen molar-refractivity contribution in [2.24, 2.45) is 0 Å². The second-order valence-corrected chi connectivity index (χ2v) is 7.31. The van der Waals surface area contributed by atoms with E-state index in [1.54, 1.807) is 19.2 Å². The molecule has 0 saturated carbocycles. The number of halogens is 2. The van der Waals surface area contributed by atoms with E-state index < -0.39 is 10.0 Å². The molecule has 1 atom stereocenters. The van der Waals surface area contributed by atoms with Crippen molar-refractivity contribution in [1.29, 1.82) is 0 Å². The van der Waals surface area contributed by atoms with Crippen molar-refractivity contribution in [3.63, 3.8) is 0 Å². The molecule has 0 spiro atoms. The van der Waals surface area contributed by atoms with Gasteiger partial charge in [0.15, 0.2) is 0 Å². The summed E-state index contributed by atoms with van der Waals surface area (Å²) in [4.78, 5) is 0.344. The van der Waals surface area contributed by atoms with Crippen molar-refractivity contribution in [1.82, 2.24) is 9.62 Å². The number of sulfonamides is 1. The van der Waals surface area contributed by atoms with Crippen LogP contribution in [0.1, 0.15) is 12.0 Å². The minimum atomic E-state index is -3.43. The van der Waals surface area contributed by atoms with Crippen LogP contribution in [0.15, 0.2) is 27.6 Å². The molecule has 1 fully saturated rings. The third kappa shape index (κ3) is 3.31. The van der Waals surface area contributed by atoms with Crippen molar-refractivity contribution in [3.8, 4) is 0 Å². The molecule has 1 unspecified atom stereocenters. The lowest BCUT2D eigenvalue weighted by Crippen LogP contribution is -2.38. The zero-order valence-corrected chi connectivity index (χ0v) is 14.1. The third-order valence-corrected chi connectivity index (χ3v) is 6.63. The molecule has 7 heteroatoms. The molecule has 2 rings (SSSR count). The summed E-state index contributed by atoms with van der Waals surface area (Å²) in [5.74, 6) is 0. The van der Waals surface area contributed by atoms with Crippen LogP contribution in [0.25, 0.3) is 0 Å². The molecule has 1 aromatic rings. The van der Waals surface area contributed by atoms with Gasteiger partial charge in [-0.25, -0.2) is 8.42 Å². The lowest BCUT2D eigenvalue weighted by Gasteiger charge is -2.24. The lowest BCUT2D eigenvalue weighted by atomic mass is 10.2. The van der Waals surface area contributed by atoms with Crippen LogP contribution >= 0.6 is 28.3 Å². The van der Waals surface area contributed by atoms with Gasteiger partial charge in [0.25, 0.3) is 0 Å². The summed E-state index contributed by atoms with van der Waals surface area (Å²) in [5, 5.41) is 3.18. The fourth-order valence-corrected chi connectivity index (χ4v) is 4.52. The van der Waals surface area contributed by atoms with E-state index in [1.807, 2.05) is 13.0 Å². The quantitative estimate of drug-likeness (QED) is 0.888. The first kappa shape index (κ1) is 16.9. The highest BCUT2D eigenvalue weighted by Gasteiger charge is 2.31. The van der Waals surface area contributed by atoms with Crippen molar-refractivity contribution in [3.05, 3.63) is 28.2 Å². The van der Waals surface area contributed by atoms with Gasteiger partial charge in [-0.05, 0) is 47.4 Å². The maximum atomic E-state index is 12.6. The molecule has 1 aliphatic heterocycles. The van der Waals surface area contributed by atoms with Crippen molar-refractivity contribution in [2.75, 3.05) is 20.1 Å². The molecular weight excluding hydrogens is 352 g/mol. The molecule has 1 aromatic carbocycles. The zero-order valence-electron chi connectivity index (χ0n) is 10.9. The Morgan fingerprint density at radius 1 is 1.42 bits per heavy atom. The van der Waals surface area contributed by atoms with E-state index >= 15 is 0 Å². The van der Waals surface area contributed by atoms with Gasteiger partial charge in [-0.2, -0.15) is 4.31 Å². The Kier molecular flexibility index (Phi) is 5.82. The van der Waals surface area contributed by atoms with Gasteiger partial charge < -0.3 is 5.32 Å². The predicted octanol–water partition coefficient (Wildman–Crippen LogP) is 2.16. The first-order valence-corrected chi connectivity index (χ1v) is 8.12. The maximum Gasteiger partial charge on any atom is 0.244 e. The third-order valence-electron chi connectivity index (χ3n) is 3.36. The van der Waals surface area contributed by atoms with Crippen LogP contribution in [0.3, 0.4) is 0 Å². The molecule has 0 aliphatic carbocycles. The number of nitrogens with zero attached hydrogens (tertiary/aromatic N) is 1. The van der Waals surface area contributed by atoms with Crippen molar-refractivity contribution >= 4 is 38.4 Å². The number of benzene rings is 1. The average Bonchev–Trinajstić information content (AvgIpc) is 2.85. The summed E-state index contributed by atoms with van der Waals surface area (Å²) < 4.78 is 27.3. The summed E-state index contributed by atoms with van der Waals surface area (Å²) in [6.07, 6.45) is 0.860. The molecule has 19 heavy (non-hydrogen) atoms. The molecule has 0 amide bonds. The number of hydrogen-bond acceptors (Lipinski definition) is 3. The Morgan fingerprint density at radius 2 is 2.11 bits per heavy atom. The van der Waals surface area contributed by atoms with Gasteiger partial charge in [-0.15, -0.1) is 12.4 Å². The lowest BCUT2D eigenvalue weighted by molar-refractivity contribution is 0.387. The first-order chi connectivity index (χ1) is 8.44. The Balaban J connectivity index is 0.00000180. The summed E-state index contributed by atoms with van der Waals surface area (Å²) >= 11 is 3.37. The van der Waals surface area contributed by atoms with Gasteiger partial charge in [-0.1, -0.05) is 12.1 Å². The molecule has 1 aliphatic rings. The number of likely N-dealkylation sites (N-methyl/N-ethyl adjacent to an activating group) is 1. The van der Waals surface area contributed by atoms with E-state index in [1.165, 1.54) is 4.31 Å². The second kappa shape index (κ2) is 6.54. The monoisotopic (exact) mass is 368 g/mol. The summed E-state index contributed by atoms with van der Waals surface area (Å²) in [6.45, 7) is 3.49. The highest BCUT2D eigenvalue weighted by atomic mass is 79.9. The number of nitrogens with one attached hydrogen (secondary N) is 1. The number of hydrogen-bond donors (Lipinski definition) is 1. The molecule has 1 N–H and O–H groups in total. The maximum absolute atomic E-state index is 12.6. The summed E-state index contributed by atoms with van der Waals surface area (Å²) in [5.41, 5.74) is 0.925. The topological polar surface area (TPSA) is 49.4 Å². The fourth-order valence-electron chi connectivity index (χ4n) is 2.12. The zero-order chi connectivity index (χ0) is 13.3. The van der Waals surface area contributed by atoms with Gasteiger partial charge in [0, 0.05) is 24.1 Å². The molecule has 108 valence electrons. The minimum absolute atomic E-state index is 0. The van der Waals surface area contributed by atoms with Crippen LogP contribution in [0, 0.1) is 6.92 Å². The van der Waals surface area contributed by atoms with Gasteiger partial charge in [0.1, 0.15) is 0 Å². The largest absolute Gasteiger partial charge is 0.315 e. The molecule has 1 saturated heterocycles. The van der Waals surface area contributed by atoms with Gasteiger partial charge in [0.2, 0.25) is 10.0 Å². The molecule has 1 heterocycles. The number of rotatable bonds is 3. The van der Waals surface area contributed by atoms with Crippen molar-refractivity contribution < 1.29 is 8.42 Å². The highest BCUT2D eigenvalue weighted by molar-refractivity contribution is 9.10. The van der Waals surface area contributed by atoms with Crippen LogP contribution in [0.5, 0.6) is 0 Å². The van der Waals surface area contributed by atoms with Gasteiger partial charge in [-0.3, -0.25) is 0 Å². The average molecular weight is 370 g/mol. The molecule has 0 bridgehead atoms. The molecular formula is C12H18BrClN2O2S. The standard InChI is InChI=1S/C12H17BrN2O2S.ClH/c1-9-4-3-5-11(12(9)13)18(16,17)15(2)10-6-7-14-8-10;/h3-5,10,14H,6-8H2,1-2H3;1H. The fraction of sp³-hybridized carbons (Fsp3) is 0.500. The van der Waals surface area contributed by atoms with E-state index in [0.717, 1.165) is 25.1 Å². The molecule has 0 radical (unpaired) electrons. The van der Waals surface area contributed by atoms with Crippen molar-refractivity contribution in [2.45, 2.75) is 24.3 Å². The molecule has 4 nitrogen and oxygen atoms in total. The van der Waals surface area contributed by atoms with Gasteiger partial charge in [0.05, 0.1) is 4.90 Å². The summed E-state index contributed by atoms with van der Waals surface area (Å²) in [7, 11) is -1.77. The smallest absolute Gasteiger partial charge is 0.244 e. The van der Waals surface area contributed by atoms with E-state index in [4.69, 9.17) is 0 Å². The van der Waals surface area contributed by atoms with Gasteiger partial charge >= 0.3 is 0 Å². The Bertz CT molecular complexity index is 545. The van der Waals surface area contributed by atoms with E-state index in [-0.39, 0.29) is 18.4 Å².